The SMILES string of the molecule is CN(C)c1cccc(-c2ncnn2COCC[Si](C)(C)C)c1. The lowest BCUT2D eigenvalue weighted by atomic mass is 10.2. The van der Waals surface area contributed by atoms with Crippen molar-refractivity contribution in [2.45, 2.75) is 32.4 Å². The van der Waals surface area contributed by atoms with Gasteiger partial charge in [0.1, 0.15) is 13.1 Å². The van der Waals surface area contributed by atoms with E-state index in [0.717, 1.165) is 29.7 Å². The maximum atomic E-state index is 5.78. The molecule has 0 bridgehead atoms. The molecule has 120 valence electrons. The Morgan fingerprint density at radius 2 is 2.00 bits per heavy atom. The van der Waals surface area contributed by atoms with Gasteiger partial charge in [-0.3, -0.25) is 0 Å². The van der Waals surface area contributed by atoms with Crippen molar-refractivity contribution in [3.8, 4) is 11.4 Å². The van der Waals surface area contributed by atoms with Gasteiger partial charge >= 0.3 is 0 Å². The van der Waals surface area contributed by atoms with Crippen molar-refractivity contribution < 1.29 is 4.74 Å². The summed E-state index contributed by atoms with van der Waals surface area (Å²) in [6, 6.07) is 9.44. The number of hydrogen-bond donors (Lipinski definition) is 0. The summed E-state index contributed by atoms with van der Waals surface area (Å²) in [7, 11) is 3.01. The number of aromatic nitrogens is 3. The molecule has 0 radical (unpaired) electrons. The standard InChI is InChI=1S/C16H26N4OSi/c1-19(2)15-8-6-7-14(11-15)16-17-12-18-20(16)13-21-9-10-22(3,4)5/h6-8,11-12H,9-10,13H2,1-5H3. The number of nitrogens with zero attached hydrogens (tertiary/aromatic N) is 4. The van der Waals surface area contributed by atoms with Crippen molar-refractivity contribution in [3.05, 3.63) is 30.6 Å². The quantitative estimate of drug-likeness (QED) is 0.580. The Hall–Kier alpha value is -1.66. The molecule has 0 atom stereocenters. The molecule has 1 aromatic carbocycles. The summed E-state index contributed by atoms with van der Waals surface area (Å²) in [5, 5.41) is 4.28. The molecule has 0 unspecified atom stereocenters. The highest BCUT2D eigenvalue weighted by molar-refractivity contribution is 6.76. The zero-order valence-electron chi connectivity index (χ0n) is 14.2. The zero-order chi connectivity index (χ0) is 16.2. The van der Waals surface area contributed by atoms with Crippen molar-refractivity contribution in [1.29, 1.82) is 0 Å². The Balaban J connectivity index is 2.05. The third-order valence-electron chi connectivity index (χ3n) is 3.45. The Bertz CT molecular complexity index is 604. The predicted molar refractivity (Wildman–Crippen MR) is 93.9 cm³/mol. The minimum atomic E-state index is -1.05. The van der Waals surface area contributed by atoms with Gasteiger partial charge in [-0.25, -0.2) is 9.67 Å². The van der Waals surface area contributed by atoms with Gasteiger partial charge < -0.3 is 9.64 Å². The van der Waals surface area contributed by atoms with Crippen molar-refractivity contribution >= 4 is 13.8 Å². The molecule has 5 nitrogen and oxygen atoms in total. The van der Waals surface area contributed by atoms with E-state index in [2.05, 4.69) is 52.8 Å². The molecule has 1 aromatic heterocycles. The van der Waals surface area contributed by atoms with Crippen molar-refractivity contribution in [1.82, 2.24) is 14.8 Å². The maximum Gasteiger partial charge on any atom is 0.160 e. The van der Waals surface area contributed by atoms with E-state index < -0.39 is 8.07 Å². The van der Waals surface area contributed by atoms with Crippen LogP contribution in [0.1, 0.15) is 0 Å². The average Bonchev–Trinajstić information content (AvgIpc) is 2.91. The minimum absolute atomic E-state index is 0.450. The second-order valence-corrected chi connectivity index (χ2v) is 12.5. The van der Waals surface area contributed by atoms with E-state index in [0.29, 0.717) is 6.73 Å². The highest BCUT2D eigenvalue weighted by atomic mass is 28.3. The van der Waals surface area contributed by atoms with Crippen LogP contribution in [0.5, 0.6) is 0 Å². The summed E-state index contributed by atoms with van der Waals surface area (Å²) >= 11 is 0. The molecule has 1 heterocycles. The topological polar surface area (TPSA) is 43.2 Å². The molecule has 0 aliphatic rings. The molecule has 2 aromatic rings. The monoisotopic (exact) mass is 318 g/mol. The van der Waals surface area contributed by atoms with Crippen LogP contribution in [-0.4, -0.2) is 43.5 Å². The van der Waals surface area contributed by atoms with Crippen LogP contribution >= 0.6 is 0 Å². The molecule has 0 N–H and O–H groups in total. The number of ether oxygens (including phenoxy) is 1. The van der Waals surface area contributed by atoms with Gasteiger partial charge in [0.15, 0.2) is 5.82 Å². The van der Waals surface area contributed by atoms with Gasteiger partial charge in [-0.2, -0.15) is 5.10 Å². The molecular formula is C16H26N4OSi. The molecule has 0 spiro atoms. The highest BCUT2D eigenvalue weighted by Gasteiger charge is 2.13. The molecular weight excluding hydrogens is 292 g/mol. The largest absolute Gasteiger partial charge is 0.378 e. The lowest BCUT2D eigenvalue weighted by molar-refractivity contribution is 0.0796. The second-order valence-electron chi connectivity index (χ2n) is 6.88. The third kappa shape index (κ3) is 4.67. The molecule has 6 heteroatoms. The van der Waals surface area contributed by atoms with E-state index in [-0.39, 0.29) is 0 Å². The van der Waals surface area contributed by atoms with Crippen LogP contribution in [0.3, 0.4) is 0 Å². The highest BCUT2D eigenvalue weighted by Crippen LogP contribution is 2.22. The fourth-order valence-electron chi connectivity index (χ4n) is 2.03. The predicted octanol–water partition coefficient (Wildman–Crippen LogP) is 3.32. The van der Waals surface area contributed by atoms with Crippen molar-refractivity contribution in [3.63, 3.8) is 0 Å². The van der Waals surface area contributed by atoms with Crippen molar-refractivity contribution in [2.24, 2.45) is 0 Å². The molecule has 22 heavy (non-hydrogen) atoms. The van der Waals surface area contributed by atoms with Crippen LogP contribution in [0.25, 0.3) is 11.4 Å². The van der Waals surface area contributed by atoms with Gasteiger partial charge in [0.05, 0.1) is 0 Å². The molecule has 0 aliphatic heterocycles. The van der Waals surface area contributed by atoms with Crippen LogP contribution in [-0.2, 0) is 11.5 Å². The van der Waals surface area contributed by atoms with Crippen LogP contribution in [0.2, 0.25) is 25.7 Å². The van der Waals surface area contributed by atoms with E-state index in [9.17, 15) is 0 Å². The number of hydrogen-bond acceptors (Lipinski definition) is 4. The molecule has 2 rings (SSSR count). The van der Waals surface area contributed by atoms with E-state index in [4.69, 9.17) is 4.74 Å². The summed E-state index contributed by atoms with van der Waals surface area (Å²) in [5.74, 6) is 0.844. The normalized spacial score (nSPS) is 11.7. The van der Waals surface area contributed by atoms with Gasteiger partial charge in [0.25, 0.3) is 0 Å². The van der Waals surface area contributed by atoms with E-state index >= 15 is 0 Å². The van der Waals surface area contributed by atoms with E-state index in [1.165, 1.54) is 0 Å². The lowest BCUT2D eigenvalue weighted by Crippen LogP contribution is -2.22. The van der Waals surface area contributed by atoms with Gasteiger partial charge in [-0.1, -0.05) is 31.8 Å². The molecule has 0 saturated heterocycles. The summed E-state index contributed by atoms with van der Waals surface area (Å²) in [6.07, 6.45) is 1.58. The molecule has 0 amide bonds. The molecule has 0 fully saturated rings. The van der Waals surface area contributed by atoms with Gasteiger partial charge in [0, 0.05) is 40.0 Å². The molecule has 0 saturated carbocycles. The average molecular weight is 318 g/mol. The van der Waals surface area contributed by atoms with Gasteiger partial charge in [-0.15, -0.1) is 0 Å². The number of anilines is 1. The fourth-order valence-corrected chi connectivity index (χ4v) is 2.79. The van der Waals surface area contributed by atoms with Crippen molar-refractivity contribution in [2.75, 3.05) is 25.6 Å². The first kappa shape index (κ1) is 16.7. The fraction of sp³-hybridized carbons (Fsp3) is 0.500. The Morgan fingerprint density at radius 3 is 2.68 bits per heavy atom. The maximum absolute atomic E-state index is 5.78. The first-order valence-electron chi connectivity index (χ1n) is 7.60. The lowest BCUT2D eigenvalue weighted by Gasteiger charge is -2.16. The first-order chi connectivity index (χ1) is 10.4. The van der Waals surface area contributed by atoms with Crippen LogP contribution in [0.15, 0.2) is 30.6 Å². The zero-order valence-corrected chi connectivity index (χ0v) is 15.2. The Labute approximate surface area is 133 Å². The van der Waals surface area contributed by atoms with Gasteiger partial charge in [-0.05, 0) is 18.2 Å². The summed E-state index contributed by atoms with van der Waals surface area (Å²) in [5.41, 5.74) is 2.20. The van der Waals surface area contributed by atoms with E-state index in [1.54, 1.807) is 6.33 Å². The Kier molecular flexibility index (Phi) is 5.36. The summed E-state index contributed by atoms with van der Waals surface area (Å²) in [4.78, 5) is 6.45. The number of rotatable bonds is 7. The van der Waals surface area contributed by atoms with E-state index in [1.807, 2.05) is 24.8 Å². The van der Waals surface area contributed by atoms with Crippen LogP contribution < -0.4 is 4.90 Å². The van der Waals surface area contributed by atoms with Gasteiger partial charge in [0.2, 0.25) is 0 Å². The smallest absolute Gasteiger partial charge is 0.160 e. The third-order valence-corrected chi connectivity index (χ3v) is 5.15. The summed E-state index contributed by atoms with van der Waals surface area (Å²) < 4.78 is 7.60. The second kappa shape index (κ2) is 7.06. The summed E-state index contributed by atoms with van der Waals surface area (Å²) in [6.45, 7) is 8.29. The van der Waals surface area contributed by atoms with Crippen LogP contribution in [0, 0.1) is 0 Å². The first-order valence-corrected chi connectivity index (χ1v) is 11.3. The van der Waals surface area contributed by atoms with Crippen LogP contribution in [0.4, 0.5) is 5.69 Å². The Morgan fingerprint density at radius 1 is 1.23 bits per heavy atom. The number of benzene rings is 1. The minimum Gasteiger partial charge on any atom is -0.378 e. The molecule has 0 aliphatic carbocycles.